The van der Waals surface area contributed by atoms with Crippen molar-refractivity contribution in [3.63, 3.8) is 0 Å². The van der Waals surface area contributed by atoms with E-state index < -0.39 is 0 Å². The van der Waals surface area contributed by atoms with Crippen LogP contribution >= 0.6 is 0 Å². The van der Waals surface area contributed by atoms with Gasteiger partial charge in [0.1, 0.15) is 5.82 Å². The number of halogens is 1. The summed E-state index contributed by atoms with van der Waals surface area (Å²) >= 11 is 0. The molecule has 1 amide bonds. The van der Waals surface area contributed by atoms with Gasteiger partial charge in [0.15, 0.2) is 0 Å². The fraction of sp³-hybridized carbons (Fsp3) is 0.316. The summed E-state index contributed by atoms with van der Waals surface area (Å²) < 4.78 is 13.2. The molecule has 4 heteroatoms. The maximum Gasteiger partial charge on any atom is 0.238 e. The van der Waals surface area contributed by atoms with Gasteiger partial charge < -0.3 is 5.32 Å². The molecule has 0 atom stereocenters. The van der Waals surface area contributed by atoms with Gasteiger partial charge in [0.05, 0.1) is 6.54 Å². The highest BCUT2D eigenvalue weighted by Crippen LogP contribution is 2.12. The summed E-state index contributed by atoms with van der Waals surface area (Å²) in [5.41, 5.74) is 2.87. The Morgan fingerprint density at radius 2 is 1.83 bits per heavy atom. The van der Waals surface area contributed by atoms with Crippen LogP contribution in [-0.4, -0.2) is 23.9 Å². The number of likely N-dealkylation sites (N-methyl/N-ethyl adjacent to an activating group) is 1. The SMILES string of the molecule is CCc1cccc(NC(=O)CN(CC)Cc2cccc(F)c2)c1. The number of hydrogen-bond donors (Lipinski definition) is 1. The molecular weight excluding hydrogens is 291 g/mol. The lowest BCUT2D eigenvalue weighted by Gasteiger charge is -2.20. The third-order valence-corrected chi connectivity index (χ3v) is 3.73. The van der Waals surface area contributed by atoms with E-state index in [1.54, 1.807) is 6.07 Å². The van der Waals surface area contributed by atoms with Crippen LogP contribution in [0.2, 0.25) is 0 Å². The molecule has 0 aromatic heterocycles. The number of rotatable bonds is 7. The van der Waals surface area contributed by atoms with Crippen LogP contribution in [-0.2, 0) is 17.8 Å². The van der Waals surface area contributed by atoms with Gasteiger partial charge >= 0.3 is 0 Å². The Morgan fingerprint density at radius 3 is 2.52 bits per heavy atom. The molecule has 0 spiro atoms. The van der Waals surface area contributed by atoms with Crippen LogP contribution < -0.4 is 5.32 Å². The summed E-state index contributed by atoms with van der Waals surface area (Å²) in [6, 6.07) is 14.3. The number of benzene rings is 2. The van der Waals surface area contributed by atoms with Crippen molar-refractivity contribution in [2.75, 3.05) is 18.4 Å². The van der Waals surface area contributed by atoms with Crippen LogP contribution in [0.1, 0.15) is 25.0 Å². The van der Waals surface area contributed by atoms with Crippen LogP contribution in [0, 0.1) is 5.82 Å². The average molecular weight is 314 g/mol. The summed E-state index contributed by atoms with van der Waals surface area (Å²) in [7, 11) is 0. The maximum absolute atomic E-state index is 13.2. The van der Waals surface area contributed by atoms with Crippen molar-refractivity contribution in [3.05, 3.63) is 65.5 Å². The van der Waals surface area contributed by atoms with Crippen molar-refractivity contribution < 1.29 is 9.18 Å². The lowest BCUT2D eigenvalue weighted by atomic mass is 10.1. The molecule has 3 nitrogen and oxygen atoms in total. The van der Waals surface area contributed by atoms with Crippen LogP contribution in [0.25, 0.3) is 0 Å². The lowest BCUT2D eigenvalue weighted by Crippen LogP contribution is -2.32. The van der Waals surface area contributed by atoms with Gasteiger partial charge in [-0.15, -0.1) is 0 Å². The van der Waals surface area contributed by atoms with E-state index in [9.17, 15) is 9.18 Å². The minimum Gasteiger partial charge on any atom is -0.325 e. The lowest BCUT2D eigenvalue weighted by molar-refractivity contribution is -0.117. The minimum absolute atomic E-state index is 0.0588. The average Bonchev–Trinajstić information content (AvgIpc) is 2.54. The van der Waals surface area contributed by atoms with E-state index in [0.717, 1.165) is 24.2 Å². The predicted molar refractivity (Wildman–Crippen MR) is 91.8 cm³/mol. The van der Waals surface area contributed by atoms with E-state index in [1.165, 1.54) is 17.7 Å². The first-order valence-electron chi connectivity index (χ1n) is 7.96. The normalized spacial score (nSPS) is 10.8. The minimum atomic E-state index is -0.251. The third kappa shape index (κ3) is 5.49. The number of nitrogens with zero attached hydrogens (tertiary/aromatic N) is 1. The van der Waals surface area contributed by atoms with Crippen molar-refractivity contribution >= 4 is 11.6 Å². The highest BCUT2D eigenvalue weighted by molar-refractivity contribution is 5.92. The molecule has 0 saturated carbocycles. The quantitative estimate of drug-likeness (QED) is 0.842. The Kier molecular flexibility index (Phi) is 6.29. The molecule has 0 heterocycles. The molecule has 2 aromatic rings. The molecule has 122 valence electrons. The number of anilines is 1. The van der Waals surface area contributed by atoms with Crippen LogP contribution in [0.15, 0.2) is 48.5 Å². The Morgan fingerprint density at radius 1 is 1.09 bits per heavy atom. The van der Waals surface area contributed by atoms with Crippen molar-refractivity contribution in [1.29, 1.82) is 0 Å². The van der Waals surface area contributed by atoms with Gasteiger partial charge in [0.25, 0.3) is 0 Å². The van der Waals surface area contributed by atoms with Gasteiger partial charge in [-0.2, -0.15) is 0 Å². The Labute approximate surface area is 137 Å². The monoisotopic (exact) mass is 314 g/mol. The van der Waals surface area contributed by atoms with Gasteiger partial charge in [0, 0.05) is 12.2 Å². The number of nitrogens with one attached hydrogen (secondary N) is 1. The molecule has 0 aliphatic rings. The zero-order valence-corrected chi connectivity index (χ0v) is 13.7. The van der Waals surface area contributed by atoms with Crippen molar-refractivity contribution in [3.8, 4) is 0 Å². The highest BCUT2D eigenvalue weighted by Gasteiger charge is 2.10. The molecule has 0 fully saturated rings. The maximum atomic E-state index is 13.2. The second-order valence-corrected chi connectivity index (χ2v) is 5.54. The van der Waals surface area contributed by atoms with Gasteiger partial charge in [-0.1, -0.05) is 38.1 Å². The molecule has 2 aromatic carbocycles. The summed E-state index contributed by atoms with van der Waals surface area (Å²) in [5.74, 6) is -0.309. The molecule has 0 bridgehead atoms. The Balaban J connectivity index is 1.93. The van der Waals surface area contributed by atoms with Crippen LogP contribution in [0.3, 0.4) is 0 Å². The largest absolute Gasteiger partial charge is 0.325 e. The molecule has 2 rings (SSSR count). The Hall–Kier alpha value is -2.20. The van der Waals surface area contributed by atoms with E-state index in [1.807, 2.05) is 42.2 Å². The molecular formula is C19H23FN2O. The molecule has 0 unspecified atom stereocenters. The summed E-state index contributed by atoms with van der Waals surface area (Å²) in [6.45, 7) is 5.63. The second-order valence-electron chi connectivity index (χ2n) is 5.54. The van der Waals surface area contributed by atoms with Gasteiger partial charge in [-0.3, -0.25) is 9.69 Å². The zero-order valence-electron chi connectivity index (χ0n) is 13.7. The first-order valence-corrected chi connectivity index (χ1v) is 7.96. The predicted octanol–water partition coefficient (Wildman–Crippen LogP) is 3.85. The van der Waals surface area contributed by atoms with Crippen molar-refractivity contribution in [2.24, 2.45) is 0 Å². The molecule has 1 N–H and O–H groups in total. The van der Waals surface area contributed by atoms with E-state index in [4.69, 9.17) is 0 Å². The summed E-state index contributed by atoms with van der Waals surface area (Å²) in [5, 5.41) is 2.92. The zero-order chi connectivity index (χ0) is 16.7. The van der Waals surface area contributed by atoms with Gasteiger partial charge in [-0.25, -0.2) is 4.39 Å². The smallest absolute Gasteiger partial charge is 0.238 e. The number of carbonyl (C=O) groups excluding carboxylic acids is 1. The van der Waals surface area contributed by atoms with Crippen LogP contribution in [0.5, 0.6) is 0 Å². The Bertz CT molecular complexity index is 657. The van der Waals surface area contributed by atoms with E-state index in [2.05, 4.69) is 12.2 Å². The second kappa shape index (κ2) is 8.44. The molecule has 23 heavy (non-hydrogen) atoms. The number of aryl methyl sites for hydroxylation is 1. The molecule has 0 aliphatic heterocycles. The van der Waals surface area contributed by atoms with E-state index >= 15 is 0 Å². The van der Waals surface area contributed by atoms with Crippen LogP contribution in [0.4, 0.5) is 10.1 Å². The van der Waals surface area contributed by atoms with Gasteiger partial charge in [0.2, 0.25) is 5.91 Å². The molecule has 0 saturated heterocycles. The number of hydrogen-bond acceptors (Lipinski definition) is 2. The highest BCUT2D eigenvalue weighted by atomic mass is 19.1. The number of carbonyl (C=O) groups is 1. The van der Waals surface area contributed by atoms with E-state index in [-0.39, 0.29) is 18.3 Å². The fourth-order valence-electron chi connectivity index (χ4n) is 2.45. The standard InChI is InChI=1S/C19H23FN2O/c1-3-15-7-6-10-18(12-15)21-19(23)14-22(4-2)13-16-8-5-9-17(20)11-16/h5-12H,3-4,13-14H2,1-2H3,(H,21,23). The topological polar surface area (TPSA) is 32.3 Å². The fourth-order valence-corrected chi connectivity index (χ4v) is 2.45. The first-order chi connectivity index (χ1) is 11.1. The molecule has 0 radical (unpaired) electrons. The van der Waals surface area contributed by atoms with Crippen molar-refractivity contribution in [2.45, 2.75) is 26.8 Å². The van der Waals surface area contributed by atoms with E-state index in [0.29, 0.717) is 6.54 Å². The number of amides is 1. The summed E-state index contributed by atoms with van der Waals surface area (Å²) in [6.07, 6.45) is 0.935. The molecule has 0 aliphatic carbocycles. The first kappa shape index (κ1) is 17.2. The van der Waals surface area contributed by atoms with Gasteiger partial charge in [-0.05, 0) is 48.4 Å². The third-order valence-electron chi connectivity index (χ3n) is 3.73. The summed E-state index contributed by atoms with van der Waals surface area (Å²) in [4.78, 5) is 14.2. The van der Waals surface area contributed by atoms with Crippen molar-refractivity contribution in [1.82, 2.24) is 4.90 Å².